The first-order valence-corrected chi connectivity index (χ1v) is 7.87. The predicted octanol–water partition coefficient (Wildman–Crippen LogP) is 3.05. The van der Waals surface area contributed by atoms with Crippen LogP contribution in [0.1, 0.15) is 34.5 Å². The first-order valence-electron chi connectivity index (χ1n) is 6.26. The van der Waals surface area contributed by atoms with Gasteiger partial charge in [-0.1, -0.05) is 6.42 Å². The van der Waals surface area contributed by atoms with Gasteiger partial charge in [0.25, 0.3) is 5.91 Å². The Morgan fingerprint density at radius 3 is 2.84 bits per heavy atom. The van der Waals surface area contributed by atoms with E-state index in [4.69, 9.17) is 5.11 Å². The number of carboxylic acid groups (broad SMARTS) is 1. The number of aryl methyl sites for hydroxylation is 1. The molecule has 2 atom stereocenters. The van der Waals surface area contributed by atoms with Crippen molar-refractivity contribution in [2.24, 2.45) is 11.8 Å². The lowest BCUT2D eigenvalue weighted by Crippen LogP contribution is -2.32. The smallest absolute Gasteiger partial charge is 0.306 e. The number of amides is 1. The maximum absolute atomic E-state index is 12.0. The van der Waals surface area contributed by atoms with Crippen molar-refractivity contribution in [2.45, 2.75) is 26.2 Å². The summed E-state index contributed by atoms with van der Waals surface area (Å²) in [6.07, 6.45) is 2.53. The van der Waals surface area contributed by atoms with Crippen molar-refractivity contribution >= 4 is 39.1 Å². The lowest BCUT2D eigenvalue weighted by molar-refractivity contribution is -0.142. The van der Waals surface area contributed by atoms with Gasteiger partial charge in [0.15, 0.2) is 0 Å². The Balaban J connectivity index is 1.91. The molecular formula is C13H16BrNO3S. The molecule has 1 aliphatic rings. The highest BCUT2D eigenvalue weighted by Gasteiger charge is 2.32. The van der Waals surface area contributed by atoms with Crippen molar-refractivity contribution in [3.05, 3.63) is 20.3 Å². The molecular weight excluding hydrogens is 330 g/mol. The van der Waals surface area contributed by atoms with E-state index in [9.17, 15) is 9.59 Å². The summed E-state index contributed by atoms with van der Waals surface area (Å²) in [5.74, 6) is -1.11. The van der Waals surface area contributed by atoms with Crippen molar-refractivity contribution in [1.29, 1.82) is 0 Å². The van der Waals surface area contributed by atoms with Crippen LogP contribution >= 0.6 is 27.3 Å². The molecule has 0 spiro atoms. The first-order chi connectivity index (χ1) is 8.99. The normalized spacial score (nSPS) is 22.4. The maximum Gasteiger partial charge on any atom is 0.306 e. The molecule has 2 rings (SSSR count). The van der Waals surface area contributed by atoms with Gasteiger partial charge in [0.1, 0.15) is 0 Å². The van der Waals surface area contributed by atoms with Gasteiger partial charge in [-0.3, -0.25) is 9.59 Å². The standard InChI is InChI=1S/C13H16BrNO3S/c1-7-5-10(19-11(7)14)12(16)15-6-8-3-2-4-9(8)13(17)18/h5,8-9H,2-4,6H2,1H3,(H,15,16)(H,17,18). The fourth-order valence-corrected chi connectivity index (χ4v) is 3.94. The first kappa shape index (κ1) is 14.5. The van der Waals surface area contributed by atoms with E-state index in [1.807, 2.05) is 13.0 Å². The van der Waals surface area contributed by atoms with Crippen LogP contribution in [0.4, 0.5) is 0 Å². The fourth-order valence-electron chi connectivity index (χ4n) is 2.49. The van der Waals surface area contributed by atoms with Crippen LogP contribution in [0.2, 0.25) is 0 Å². The highest BCUT2D eigenvalue weighted by atomic mass is 79.9. The zero-order valence-corrected chi connectivity index (χ0v) is 13.0. The average molecular weight is 346 g/mol. The molecule has 0 saturated heterocycles. The average Bonchev–Trinajstić information content (AvgIpc) is 2.94. The van der Waals surface area contributed by atoms with Crippen LogP contribution in [0.15, 0.2) is 9.85 Å². The largest absolute Gasteiger partial charge is 0.481 e. The number of aliphatic carboxylic acids is 1. The van der Waals surface area contributed by atoms with E-state index in [1.165, 1.54) is 11.3 Å². The number of halogens is 1. The number of carbonyl (C=O) groups is 2. The van der Waals surface area contributed by atoms with Gasteiger partial charge in [-0.2, -0.15) is 0 Å². The zero-order valence-electron chi connectivity index (χ0n) is 10.6. The lowest BCUT2D eigenvalue weighted by Gasteiger charge is -2.15. The number of hydrogen-bond acceptors (Lipinski definition) is 3. The predicted molar refractivity (Wildman–Crippen MR) is 77.6 cm³/mol. The second kappa shape index (κ2) is 6.05. The number of carboxylic acids is 1. The molecule has 2 N–H and O–H groups in total. The van der Waals surface area contributed by atoms with Gasteiger partial charge in [-0.25, -0.2) is 0 Å². The summed E-state index contributed by atoms with van der Waals surface area (Å²) >= 11 is 4.79. The number of hydrogen-bond donors (Lipinski definition) is 2. The maximum atomic E-state index is 12.0. The minimum absolute atomic E-state index is 0.0611. The third-order valence-electron chi connectivity index (χ3n) is 3.58. The molecule has 1 aromatic heterocycles. The van der Waals surface area contributed by atoms with Crippen molar-refractivity contribution in [3.63, 3.8) is 0 Å². The molecule has 6 heteroatoms. The van der Waals surface area contributed by atoms with Gasteiger partial charge >= 0.3 is 5.97 Å². The number of nitrogens with one attached hydrogen (secondary N) is 1. The molecule has 1 amide bonds. The highest BCUT2D eigenvalue weighted by molar-refractivity contribution is 9.11. The van der Waals surface area contributed by atoms with E-state index in [-0.39, 0.29) is 17.7 Å². The van der Waals surface area contributed by atoms with Crippen LogP contribution < -0.4 is 5.32 Å². The van der Waals surface area contributed by atoms with Gasteiger partial charge < -0.3 is 10.4 Å². The lowest BCUT2D eigenvalue weighted by atomic mass is 9.96. The summed E-state index contributed by atoms with van der Waals surface area (Å²) in [4.78, 5) is 23.7. The SMILES string of the molecule is Cc1cc(C(=O)NCC2CCCC2C(=O)O)sc1Br. The van der Waals surface area contributed by atoms with Crippen LogP contribution in [0, 0.1) is 18.8 Å². The van der Waals surface area contributed by atoms with Crippen LogP contribution in [0.25, 0.3) is 0 Å². The molecule has 0 aliphatic heterocycles. The Kier molecular flexibility index (Phi) is 4.62. The Bertz CT molecular complexity index is 481. The van der Waals surface area contributed by atoms with E-state index in [0.717, 1.165) is 28.6 Å². The molecule has 2 unspecified atom stereocenters. The second-order valence-electron chi connectivity index (χ2n) is 4.91. The summed E-state index contributed by atoms with van der Waals surface area (Å²) in [6, 6.07) is 1.84. The molecule has 0 aromatic carbocycles. The molecule has 1 saturated carbocycles. The molecule has 19 heavy (non-hydrogen) atoms. The van der Waals surface area contributed by atoms with Crippen LogP contribution in [-0.4, -0.2) is 23.5 Å². The molecule has 104 valence electrons. The number of thiophene rings is 1. The molecule has 0 bridgehead atoms. The Morgan fingerprint density at radius 2 is 2.26 bits per heavy atom. The Morgan fingerprint density at radius 1 is 1.53 bits per heavy atom. The van der Waals surface area contributed by atoms with Gasteiger partial charge in [0.2, 0.25) is 0 Å². The third-order valence-corrected chi connectivity index (χ3v) is 5.72. The Labute approximate surface area is 124 Å². The summed E-state index contributed by atoms with van der Waals surface area (Å²) in [6.45, 7) is 2.39. The van der Waals surface area contributed by atoms with Crippen molar-refractivity contribution in [3.8, 4) is 0 Å². The van der Waals surface area contributed by atoms with E-state index < -0.39 is 5.97 Å². The van der Waals surface area contributed by atoms with Crippen LogP contribution in [0.3, 0.4) is 0 Å². The molecule has 1 fully saturated rings. The summed E-state index contributed by atoms with van der Waals surface area (Å²) < 4.78 is 0.960. The molecule has 0 radical (unpaired) electrons. The van der Waals surface area contributed by atoms with E-state index in [2.05, 4.69) is 21.2 Å². The quantitative estimate of drug-likeness (QED) is 0.881. The van der Waals surface area contributed by atoms with E-state index in [1.54, 1.807) is 0 Å². The molecule has 1 aromatic rings. The fraction of sp³-hybridized carbons (Fsp3) is 0.538. The van der Waals surface area contributed by atoms with Crippen LogP contribution in [-0.2, 0) is 4.79 Å². The number of rotatable bonds is 4. The second-order valence-corrected chi connectivity index (χ2v) is 7.28. The third kappa shape index (κ3) is 3.36. The highest BCUT2D eigenvalue weighted by Crippen LogP contribution is 2.32. The summed E-state index contributed by atoms with van der Waals surface area (Å²) in [7, 11) is 0. The van der Waals surface area contributed by atoms with Gasteiger partial charge in [0, 0.05) is 6.54 Å². The van der Waals surface area contributed by atoms with Crippen molar-refractivity contribution in [1.82, 2.24) is 5.32 Å². The summed E-state index contributed by atoms with van der Waals surface area (Å²) in [5, 5.41) is 11.9. The molecule has 1 heterocycles. The monoisotopic (exact) mass is 345 g/mol. The summed E-state index contributed by atoms with van der Waals surface area (Å²) in [5.41, 5.74) is 1.04. The minimum atomic E-state index is -0.744. The molecule has 1 aliphatic carbocycles. The minimum Gasteiger partial charge on any atom is -0.481 e. The van der Waals surface area contributed by atoms with Gasteiger partial charge in [-0.15, -0.1) is 11.3 Å². The van der Waals surface area contributed by atoms with Crippen molar-refractivity contribution < 1.29 is 14.7 Å². The van der Waals surface area contributed by atoms with Gasteiger partial charge in [-0.05, 0) is 53.2 Å². The molecule has 4 nitrogen and oxygen atoms in total. The van der Waals surface area contributed by atoms with Gasteiger partial charge in [0.05, 0.1) is 14.6 Å². The van der Waals surface area contributed by atoms with E-state index >= 15 is 0 Å². The topological polar surface area (TPSA) is 66.4 Å². The Hall–Kier alpha value is -0.880. The van der Waals surface area contributed by atoms with Crippen LogP contribution in [0.5, 0.6) is 0 Å². The van der Waals surface area contributed by atoms with E-state index in [0.29, 0.717) is 11.4 Å². The number of carbonyl (C=O) groups excluding carboxylic acids is 1. The van der Waals surface area contributed by atoms with Crippen molar-refractivity contribution in [2.75, 3.05) is 6.54 Å². The zero-order chi connectivity index (χ0) is 14.0.